The van der Waals surface area contributed by atoms with Gasteiger partial charge in [-0.25, -0.2) is 0 Å². The van der Waals surface area contributed by atoms with Crippen LogP contribution in [0.15, 0.2) is 18.2 Å². The summed E-state index contributed by atoms with van der Waals surface area (Å²) < 4.78 is 33.3. The van der Waals surface area contributed by atoms with Crippen LogP contribution in [-0.4, -0.2) is 34.4 Å². The van der Waals surface area contributed by atoms with Gasteiger partial charge in [0.1, 0.15) is 0 Å². The third-order valence-corrected chi connectivity index (χ3v) is 3.78. The zero-order valence-electron chi connectivity index (χ0n) is 7.65. The molecule has 0 saturated carbocycles. The number of benzene rings is 1. The molecular weight excluding hydrogens is 269 g/mol. The predicted octanol–water partition coefficient (Wildman–Crippen LogP) is -0.836. The molecular formula is C7H8AsNO6. The Hall–Kier alpha value is -1.30. The van der Waals surface area contributed by atoms with Crippen molar-refractivity contribution in [2.75, 3.05) is 7.11 Å². The van der Waals surface area contributed by atoms with Gasteiger partial charge in [-0.15, -0.1) is 0 Å². The minimum atomic E-state index is -5.09. The van der Waals surface area contributed by atoms with Crippen LogP contribution in [0.25, 0.3) is 0 Å². The van der Waals surface area contributed by atoms with Crippen LogP contribution < -0.4 is 9.09 Å². The van der Waals surface area contributed by atoms with E-state index in [4.69, 9.17) is 8.19 Å². The van der Waals surface area contributed by atoms with Gasteiger partial charge in [-0.2, -0.15) is 0 Å². The fourth-order valence-corrected chi connectivity index (χ4v) is 2.51. The molecule has 1 rings (SSSR count). The van der Waals surface area contributed by atoms with E-state index in [9.17, 15) is 13.9 Å². The quantitative estimate of drug-likeness (QED) is 0.423. The van der Waals surface area contributed by atoms with E-state index in [-0.39, 0.29) is 15.8 Å². The number of ether oxygens (including phenoxy) is 1. The van der Waals surface area contributed by atoms with Crippen LogP contribution in [0.3, 0.4) is 0 Å². The molecule has 0 atom stereocenters. The van der Waals surface area contributed by atoms with Gasteiger partial charge in [0.05, 0.1) is 0 Å². The Labute approximate surface area is 87.4 Å². The average molecular weight is 277 g/mol. The Kier molecular flexibility index (Phi) is 3.18. The van der Waals surface area contributed by atoms with Crippen molar-refractivity contribution in [3.8, 4) is 5.75 Å². The maximum absolute atomic E-state index is 11.0. The maximum atomic E-state index is 11.0. The van der Waals surface area contributed by atoms with Crippen molar-refractivity contribution in [1.29, 1.82) is 0 Å². The Morgan fingerprint density at radius 2 is 2.07 bits per heavy atom. The van der Waals surface area contributed by atoms with Crippen molar-refractivity contribution in [2.24, 2.45) is 0 Å². The Morgan fingerprint density at radius 3 is 2.47 bits per heavy atom. The molecule has 1 aromatic rings. The van der Waals surface area contributed by atoms with E-state index in [0.29, 0.717) is 0 Å². The molecule has 15 heavy (non-hydrogen) atoms. The predicted molar refractivity (Wildman–Crippen MR) is 50.2 cm³/mol. The SMILES string of the molecule is COc1cc([N+](=O)[O-])ccc1[As](=O)(O)O. The molecule has 1 aromatic carbocycles. The van der Waals surface area contributed by atoms with E-state index >= 15 is 0 Å². The van der Waals surface area contributed by atoms with Gasteiger partial charge in [0.25, 0.3) is 0 Å². The van der Waals surface area contributed by atoms with Crippen molar-refractivity contribution in [3.05, 3.63) is 28.3 Å². The summed E-state index contributed by atoms with van der Waals surface area (Å²) in [5.41, 5.74) is -0.278. The van der Waals surface area contributed by atoms with Gasteiger partial charge in [0.2, 0.25) is 0 Å². The molecule has 0 bridgehead atoms. The van der Waals surface area contributed by atoms with Crippen molar-refractivity contribution in [2.45, 2.75) is 0 Å². The van der Waals surface area contributed by atoms with E-state index < -0.39 is 19.1 Å². The summed E-state index contributed by atoms with van der Waals surface area (Å²) in [6.45, 7) is 0. The molecule has 0 aliphatic carbocycles. The summed E-state index contributed by atoms with van der Waals surface area (Å²) in [5.74, 6) is -0.170. The fraction of sp³-hybridized carbons (Fsp3) is 0.143. The third kappa shape index (κ3) is 2.59. The van der Waals surface area contributed by atoms with Gasteiger partial charge in [0, 0.05) is 0 Å². The van der Waals surface area contributed by atoms with Crippen molar-refractivity contribution >= 4 is 24.2 Å². The summed E-state index contributed by atoms with van der Waals surface area (Å²) in [4.78, 5) is 9.72. The van der Waals surface area contributed by atoms with E-state index in [1.54, 1.807) is 0 Å². The summed E-state index contributed by atoms with van der Waals surface area (Å²) in [6.07, 6.45) is 0. The van der Waals surface area contributed by atoms with Crippen LogP contribution in [0.2, 0.25) is 0 Å². The third-order valence-electron chi connectivity index (χ3n) is 1.69. The standard InChI is InChI=1S/C7H8AsNO6/c1-15-7-4-5(9(13)14)2-3-6(7)8(10,11)12/h2-4H,1H3,(H2,10,11,12). The molecule has 2 N–H and O–H groups in total. The van der Waals surface area contributed by atoms with Crippen LogP contribution in [-0.2, 0) is 3.74 Å². The van der Waals surface area contributed by atoms with Crippen molar-refractivity contribution < 1.29 is 21.6 Å². The second-order valence-electron chi connectivity index (χ2n) is 2.66. The first-order valence-corrected chi connectivity index (χ1v) is 7.13. The molecule has 7 nitrogen and oxygen atoms in total. The van der Waals surface area contributed by atoms with Gasteiger partial charge in [-0.3, -0.25) is 0 Å². The van der Waals surface area contributed by atoms with E-state index in [1.165, 1.54) is 7.11 Å². The average Bonchev–Trinajstić information content (AvgIpc) is 2.15. The minimum absolute atomic E-state index is 0.170. The number of hydrogen-bond acceptors (Lipinski definition) is 4. The summed E-state index contributed by atoms with van der Waals surface area (Å²) >= 11 is -5.09. The van der Waals surface area contributed by atoms with Crippen molar-refractivity contribution in [1.82, 2.24) is 0 Å². The molecule has 0 spiro atoms. The van der Waals surface area contributed by atoms with Gasteiger partial charge < -0.3 is 0 Å². The van der Waals surface area contributed by atoms with E-state index in [2.05, 4.69) is 4.74 Å². The first-order valence-electron chi connectivity index (χ1n) is 3.75. The second-order valence-corrected chi connectivity index (χ2v) is 5.95. The topological polar surface area (TPSA) is 110 Å². The summed E-state index contributed by atoms with van der Waals surface area (Å²) in [6, 6.07) is 3.02. The zero-order valence-corrected chi connectivity index (χ0v) is 9.53. The zero-order chi connectivity index (χ0) is 11.6. The Morgan fingerprint density at radius 1 is 1.47 bits per heavy atom. The normalized spacial score (nSPS) is 11.1. The number of rotatable bonds is 3. The first kappa shape index (κ1) is 11.8. The van der Waals surface area contributed by atoms with Crippen LogP contribution in [0.5, 0.6) is 5.75 Å². The van der Waals surface area contributed by atoms with Gasteiger partial charge in [-0.05, 0) is 0 Å². The molecule has 8 heteroatoms. The number of hydrogen-bond donors (Lipinski definition) is 2. The number of nitro benzene ring substituents is 1. The summed E-state index contributed by atoms with van der Waals surface area (Å²) in [7, 11) is 1.19. The van der Waals surface area contributed by atoms with Crippen LogP contribution in [0.4, 0.5) is 5.69 Å². The molecule has 0 unspecified atom stereocenters. The van der Waals surface area contributed by atoms with E-state index in [0.717, 1.165) is 18.2 Å². The molecule has 0 amide bonds. The molecule has 0 heterocycles. The van der Waals surface area contributed by atoms with Gasteiger partial charge in [0.15, 0.2) is 0 Å². The molecule has 0 radical (unpaired) electrons. The number of non-ortho nitro benzene ring substituents is 1. The number of nitrogens with zero attached hydrogens (tertiary/aromatic N) is 1. The Balaban J connectivity index is 3.34. The summed E-state index contributed by atoms with van der Waals surface area (Å²) in [5, 5.41) is 10.4. The van der Waals surface area contributed by atoms with E-state index in [1.807, 2.05) is 0 Å². The number of methoxy groups -OCH3 is 1. The first-order chi connectivity index (χ1) is 6.86. The van der Waals surface area contributed by atoms with Crippen LogP contribution in [0, 0.1) is 10.1 Å². The Bertz CT molecular complexity index is 439. The van der Waals surface area contributed by atoms with Crippen LogP contribution in [0.1, 0.15) is 0 Å². The monoisotopic (exact) mass is 277 g/mol. The molecule has 0 fully saturated rings. The molecule has 0 aliphatic heterocycles. The van der Waals surface area contributed by atoms with Gasteiger partial charge >= 0.3 is 87.0 Å². The molecule has 82 valence electrons. The second kappa shape index (κ2) is 4.06. The van der Waals surface area contributed by atoms with Crippen molar-refractivity contribution in [3.63, 3.8) is 0 Å². The molecule has 0 aliphatic rings. The molecule has 0 aromatic heterocycles. The van der Waals surface area contributed by atoms with Gasteiger partial charge in [-0.1, -0.05) is 0 Å². The number of nitro groups is 1. The fourth-order valence-electron chi connectivity index (χ4n) is 1.02. The molecule has 0 saturated heterocycles. The van der Waals surface area contributed by atoms with Crippen LogP contribution >= 0.6 is 0 Å².